The number of carbonyl (C=O) groups excluding carboxylic acids is 2. The molecule has 1 fully saturated rings. The van der Waals surface area contributed by atoms with Crippen LogP contribution in [-0.2, 0) is 16.1 Å². The first kappa shape index (κ1) is 15.2. The summed E-state index contributed by atoms with van der Waals surface area (Å²) in [6, 6.07) is 16.2. The van der Waals surface area contributed by atoms with Crippen LogP contribution in [0.5, 0.6) is 5.75 Å². The Morgan fingerprint density at radius 1 is 0.957 bits per heavy atom. The van der Waals surface area contributed by atoms with E-state index in [1.807, 2.05) is 30.3 Å². The molecule has 6 heteroatoms. The van der Waals surface area contributed by atoms with Crippen molar-refractivity contribution in [3.05, 3.63) is 60.2 Å². The molecule has 1 aliphatic rings. The van der Waals surface area contributed by atoms with Crippen LogP contribution in [0.25, 0.3) is 0 Å². The van der Waals surface area contributed by atoms with Gasteiger partial charge in [-0.2, -0.15) is 0 Å². The molecule has 5 nitrogen and oxygen atoms in total. The first-order valence-electron chi connectivity index (χ1n) is 6.99. The van der Waals surface area contributed by atoms with Crippen LogP contribution < -0.4 is 9.64 Å². The first-order chi connectivity index (χ1) is 11.1. The zero-order valence-electron chi connectivity index (χ0n) is 12.4. The van der Waals surface area contributed by atoms with Gasteiger partial charge >= 0.3 is 11.8 Å². The van der Waals surface area contributed by atoms with Gasteiger partial charge in [-0.3, -0.25) is 14.5 Å². The number of anilines is 1. The molecular formula is C17H14N2O3S. The van der Waals surface area contributed by atoms with Crippen LogP contribution in [-0.4, -0.2) is 28.9 Å². The van der Waals surface area contributed by atoms with E-state index >= 15 is 0 Å². The van der Waals surface area contributed by atoms with Crippen LogP contribution in [0.2, 0.25) is 0 Å². The summed E-state index contributed by atoms with van der Waals surface area (Å²) < 4.78 is 5.09. The molecule has 0 aliphatic carbocycles. The van der Waals surface area contributed by atoms with Gasteiger partial charge in [0.1, 0.15) is 5.75 Å². The molecule has 0 atom stereocenters. The quantitative estimate of drug-likeness (QED) is 0.639. The van der Waals surface area contributed by atoms with E-state index in [1.54, 1.807) is 31.4 Å². The van der Waals surface area contributed by atoms with Crippen molar-refractivity contribution in [2.45, 2.75) is 6.54 Å². The minimum Gasteiger partial charge on any atom is -0.497 e. The van der Waals surface area contributed by atoms with E-state index in [1.165, 1.54) is 9.80 Å². The van der Waals surface area contributed by atoms with Gasteiger partial charge in [0, 0.05) is 0 Å². The number of methoxy groups -OCH3 is 1. The molecule has 0 radical (unpaired) electrons. The molecule has 0 unspecified atom stereocenters. The van der Waals surface area contributed by atoms with Crippen LogP contribution in [0.15, 0.2) is 54.6 Å². The average molecular weight is 326 g/mol. The standard InChI is InChI=1S/C17H14N2O3S/c1-22-14-9-7-13(8-10-14)19-16(21)15(20)18(17(19)23)11-12-5-3-2-4-6-12/h2-10H,11H2,1H3. The minimum atomic E-state index is -0.643. The summed E-state index contributed by atoms with van der Waals surface area (Å²) in [6.07, 6.45) is 0. The fourth-order valence-corrected chi connectivity index (χ4v) is 2.71. The van der Waals surface area contributed by atoms with E-state index in [0.717, 1.165) is 5.56 Å². The summed E-state index contributed by atoms with van der Waals surface area (Å²) in [7, 11) is 1.56. The fraction of sp³-hybridized carbons (Fsp3) is 0.118. The second kappa shape index (κ2) is 6.18. The lowest BCUT2D eigenvalue weighted by Crippen LogP contribution is -2.32. The molecule has 23 heavy (non-hydrogen) atoms. The van der Waals surface area contributed by atoms with Crippen molar-refractivity contribution in [2.75, 3.05) is 12.0 Å². The highest BCUT2D eigenvalue weighted by Crippen LogP contribution is 2.25. The van der Waals surface area contributed by atoms with Gasteiger partial charge in [-0.05, 0) is 42.0 Å². The van der Waals surface area contributed by atoms with Gasteiger partial charge in [0.25, 0.3) is 0 Å². The molecule has 0 spiro atoms. The maximum Gasteiger partial charge on any atom is 0.323 e. The molecule has 0 saturated carbocycles. The molecular weight excluding hydrogens is 312 g/mol. The molecule has 1 heterocycles. The summed E-state index contributed by atoms with van der Waals surface area (Å²) in [5.41, 5.74) is 1.46. The maximum absolute atomic E-state index is 12.3. The third-order valence-corrected chi connectivity index (χ3v) is 3.97. The average Bonchev–Trinajstić information content (AvgIpc) is 2.80. The number of benzene rings is 2. The van der Waals surface area contributed by atoms with Crippen molar-refractivity contribution >= 4 is 34.8 Å². The van der Waals surface area contributed by atoms with Crippen molar-refractivity contribution in [2.24, 2.45) is 0 Å². The number of amides is 2. The largest absolute Gasteiger partial charge is 0.497 e. The fourth-order valence-electron chi connectivity index (χ4n) is 2.37. The Kier molecular flexibility index (Phi) is 4.08. The molecule has 2 aromatic carbocycles. The van der Waals surface area contributed by atoms with Crippen LogP contribution >= 0.6 is 12.2 Å². The van der Waals surface area contributed by atoms with Gasteiger partial charge in [0.2, 0.25) is 0 Å². The van der Waals surface area contributed by atoms with Crippen LogP contribution in [0.3, 0.4) is 0 Å². The summed E-state index contributed by atoms with van der Waals surface area (Å²) >= 11 is 5.34. The first-order valence-corrected chi connectivity index (χ1v) is 7.40. The van der Waals surface area contributed by atoms with Gasteiger partial charge in [-0.25, -0.2) is 4.90 Å². The summed E-state index contributed by atoms with van der Waals surface area (Å²) in [4.78, 5) is 27.1. The summed E-state index contributed by atoms with van der Waals surface area (Å²) in [5.74, 6) is -0.593. The molecule has 0 aromatic heterocycles. The molecule has 1 saturated heterocycles. The number of rotatable bonds is 4. The van der Waals surface area contributed by atoms with E-state index in [4.69, 9.17) is 17.0 Å². The van der Waals surface area contributed by atoms with E-state index < -0.39 is 11.8 Å². The number of hydrogen-bond acceptors (Lipinski definition) is 4. The second-order valence-corrected chi connectivity index (χ2v) is 5.36. The molecule has 2 aromatic rings. The molecule has 2 amide bonds. The van der Waals surface area contributed by atoms with E-state index in [0.29, 0.717) is 11.4 Å². The van der Waals surface area contributed by atoms with Crippen molar-refractivity contribution in [3.8, 4) is 5.75 Å². The Balaban J connectivity index is 1.87. The molecule has 0 N–H and O–H groups in total. The highest BCUT2D eigenvalue weighted by atomic mass is 32.1. The third-order valence-electron chi connectivity index (χ3n) is 3.57. The Bertz CT molecular complexity index is 759. The number of carbonyl (C=O) groups is 2. The monoisotopic (exact) mass is 326 g/mol. The second-order valence-electron chi connectivity index (χ2n) is 5.00. The SMILES string of the molecule is COc1ccc(N2C(=O)C(=O)N(Cc3ccccc3)C2=S)cc1. The van der Waals surface area contributed by atoms with Crippen molar-refractivity contribution < 1.29 is 14.3 Å². The molecule has 3 rings (SSSR count). The third kappa shape index (κ3) is 2.80. The van der Waals surface area contributed by atoms with E-state index in [2.05, 4.69) is 0 Å². The van der Waals surface area contributed by atoms with Crippen molar-refractivity contribution in [3.63, 3.8) is 0 Å². The maximum atomic E-state index is 12.3. The topological polar surface area (TPSA) is 49.9 Å². The number of hydrogen-bond donors (Lipinski definition) is 0. The van der Waals surface area contributed by atoms with Gasteiger partial charge in [-0.1, -0.05) is 30.3 Å². The summed E-state index contributed by atoms with van der Waals surface area (Å²) in [5, 5.41) is 0.189. The highest BCUT2D eigenvalue weighted by Gasteiger charge is 2.42. The Hall–Kier alpha value is -2.73. The van der Waals surface area contributed by atoms with Gasteiger partial charge in [0.15, 0.2) is 5.11 Å². The highest BCUT2D eigenvalue weighted by molar-refractivity contribution is 7.80. The Labute approximate surface area is 139 Å². The van der Waals surface area contributed by atoms with Gasteiger partial charge in [0.05, 0.1) is 19.3 Å². The van der Waals surface area contributed by atoms with E-state index in [-0.39, 0.29) is 11.7 Å². The smallest absolute Gasteiger partial charge is 0.323 e. The Morgan fingerprint density at radius 2 is 1.61 bits per heavy atom. The van der Waals surface area contributed by atoms with E-state index in [9.17, 15) is 9.59 Å². The van der Waals surface area contributed by atoms with Gasteiger partial charge < -0.3 is 4.74 Å². The Morgan fingerprint density at radius 3 is 2.22 bits per heavy atom. The van der Waals surface area contributed by atoms with Crippen molar-refractivity contribution in [1.29, 1.82) is 0 Å². The van der Waals surface area contributed by atoms with Crippen LogP contribution in [0.1, 0.15) is 5.56 Å². The lowest BCUT2D eigenvalue weighted by Gasteiger charge is -2.19. The lowest BCUT2D eigenvalue weighted by molar-refractivity contribution is -0.139. The predicted molar refractivity (Wildman–Crippen MR) is 90.1 cm³/mol. The van der Waals surface area contributed by atoms with Crippen LogP contribution in [0, 0.1) is 0 Å². The predicted octanol–water partition coefficient (Wildman–Crippen LogP) is 2.36. The lowest BCUT2D eigenvalue weighted by atomic mass is 10.2. The molecule has 116 valence electrons. The zero-order chi connectivity index (χ0) is 16.4. The zero-order valence-corrected chi connectivity index (χ0v) is 13.2. The minimum absolute atomic E-state index is 0.189. The van der Waals surface area contributed by atoms with Crippen molar-refractivity contribution in [1.82, 2.24) is 4.90 Å². The number of thiocarbonyl (C=S) groups is 1. The summed E-state index contributed by atoms with van der Waals surface area (Å²) in [6.45, 7) is 0.275. The number of nitrogens with zero attached hydrogens (tertiary/aromatic N) is 2. The molecule has 0 bridgehead atoms. The van der Waals surface area contributed by atoms with Crippen LogP contribution in [0.4, 0.5) is 5.69 Å². The normalized spacial score (nSPS) is 14.6. The molecule has 1 aliphatic heterocycles. The van der Waals surface area contributed by atoms with Gasteiger partial charge in [-0.15, -0.1) is 0 Å². The number of ether oxygens (including phenoxy) is 1.